The van der Waals surface area contributed by atoms with E-state index in [2.05, 4.69) is 42.9 Å². The van der Waals surface area contributed by atoms with Crippen molar-refractivity contribution in [3.63, 3.8) is 0 Å². The zero-order valence-electron chi connectivity index (χ0n) is 10.1. The molecule has 2 heteroatoms. The summed E-state index contributed by atoms with van der Waals surface area (Å²) in [6.07, 6.45) is 4.19. The highest BCUT2D eigenvalue weighted by Crippen LogP contribution is 2.02. The van der Waals surface area contributed by atoms with E-state index >= 15 is 0 Å². The smallest absolute Gasteiger partial charge is 0.0416 e. The maximum Gasteiger partial charge on any atom is 0.0416 e. The van der Waals surface area contributed by atoms with Gasteiger partial charge in [0.1, 0.15) is 0 Å². The van der Waals surface area contributed by atoms with Gasteiger partial charge in [-0.1, -0.05) is 19.9 Å². The second kappa shape index (κ2) is 6.57. The Hall–Kier alpha value is -0.890. The Morgan fingerprint density at radius 1 is 1.27 bits per heavy atom. The fraction of sp³-hybridized carbons (Fsp3) is 0.615. The van der Waals surface area contributed by atoms with E-state index in [0.717, 1.165) is 18.9 Å². The SMILES string of the molecule is CC(C)CCN(C)CCc1ccccn1. The van der Waals surface area contributed by atoms with Gasteiger partial charge in [0, 0.05) is 24.9 Å². The third kappa shape index (κ3) is 5.53. The summed E-state index contributed by atoms with van der Waals surface area (Å²) in [7, 11) is 2.19. The number of likely N-dealkylation sites (N-methyl/N-ethyl adjacent to an activating group) is 1. The van der Waals surface area contributed by atoms with Gasteiger partial charge in [0.15, 0.2) is 0 Å². The molecular weight excluding hydrogens is 184 g/mol. The molecule has 0 aromatic carbocycles. The lowest BCUT2D eigenvalue weighted by atomic mass is 10.1. The Kier molecular flexibility index (Phi) is 5.33. The van der Waals surface area contributed by atoms with Crippen molar-refractivity contribution in [3.8, 4) is 0 Å². The van der Waals surface area contributed by atoms with E-state index in [-0.39, 0.29) is 0 Å². The Morgan fingerprint density at radius 2 is 2.07 bits per heavy atom. The Morgan fingerprint density at radius 3 is 2.67 bits per heavy atom. The molecule has 0 radical (unpaired) electrons. The van der Waals surface area contributed by atoms with Crippen LogP contribution < -0.4 is 0 Å². The van der Waals surface area contributed by atoms with E-state index in [9.17, 15) is 0 Å². The van der Waals surface area contributed by atoms with Crippen LogP contribution in [0.25, 0.3) is 0 Å². The summed E-state index contributed by atoms with van der Waals surface area (Å²) in [5, 5.41) is 0. The molecule has 0 saturated heterocycles. The highest BCUT2D eigenvalue weighted by Gasteiger charge is 2.01. The lowest BCUT2D eigenvalue weighted by Gasteiger charge is -2.17. The van der Waals surface area contributed by atoms with Gasteiger partial charge in [-0.15, -0.1) is 0 Å². The Balaban J connectivity index is 2.19. The van der Waals surface area contributed by atoms with Crippen molar-refractivity contribution >= 4 is 0 Å². The van der Waals surface area contributed by atoms with Gasteiger partial charge in [-0.3, -0.25) is 4.98 Å². The molecule has 15 heavy (non-hydrogen) atoms. The lowest BCUT2D eigenvalue weighted by molar-refractivity contribution is 0.313. The van der Waals surface area contributed by atoms with E-state index in [1.807, 2.05) is 12.3 Å². The van der Waals surface area contributed by atoms with E-state index in [4.69, 9.17) is 0 Å². The highest BCUT2D eigenvalue weighted by atomic mass is 15.1. The topological polar surface area (TPSA) is 16.1 Å². The maximum absolute atomic E-state index is 4.32. The van der Waals surface area contributed by atoms with Gasteiger partial charge in [0.05, 0.1) is 0 Å². The molecule has 0 N–H and O–H groups in total. The van der Waals surface area contributed by atoms with Gasteiger partial charge in [-0.2, -0.15) is 0 Å². The van der Waals surface area contributed by atoms with Crippen molar-refractivity contribution in [1.29, 1.82) is 0 Å². The van der Waals surface area contributed by atoms with Crippen molar-refractivity contribution in [3.05, 3.63) is 30.1 Å². The molecule has 0 aliphatic carbocycles. The first-order chi connectivity index (χ1) is 7.18. The number of rotatable bonds is 6. The third-order valence-corrected chi connectivity index (χ3v) is 2.56. The van der Waals surface area contributed by atoms with Crippen LogP contribution in [-0.2, 0) is 6.42 Å². The molecule has 84 valence electrons. The largest absolute Gasteiger partial charge is 0.306 e. The van der Waals surface area contributed by atoms with Gasteiger partial charge in [0.2, 0.25) is 0 Å². The first-order valence-corrected chi connectivity index (χ1v) is 5.77. The van der Waals surface area contributed by atoms with Gasteiger partial charge in [-0.25, -0.2) is 0 Å². The van der Waals surface area contributed by atoms with E-state index < -0.39 is 0 Å². The standard InChI is InChI=1S/C13H22N2/c1-12(2)7-10-15(3)11-8-13-6-4-5-9-14-13/h4-6,9,12H,7-8,10-11H2,1-3H3. The fourth-order valence-electron chi connectivity index (χ4n) is 1.44. The molecule has 0 fully saturated rings. The zero-order valence-corrected chi connectivity index (χ0v) is 10.1. The van der Waals surface area contributed by atoms with Crippen LogP contribution in [0.15, 0.2) is 24.4 Å². The molecule has 0 spiro atoms. The summed E-state index contributed by atoms with van der Waals surface area (Å²) in [5.74, 6) is 0.794. The number of pyridine rings is 1. The summed E-state index contributed by atoms with van der Waals surface area (Å²) in [6, 6.07) is 6.11. The van der Waals surface area contributed by atoms with Gasteiger partial charge in [-0.05, 0) is 38.1 Å². The van der Waals surface area contributed by atoms with Crippen molar-refractivity contribution in [2.45, 2.75) is 26.7 Å². The normalized spacial score (nSPS) is 11.3. The van der Waals surface area contributed by atoms with Crippen LogP contribution in [0.1, 0.15) is 26.0 Å². The predicted octanol–water partition coefficient (Wildman–Crippen LogP) is 2.60. The van der Waals surface area contributed by atoms with Crippen molar-refractivity contribution in [2.24, 2.45) is 5.92 Å². The molecule has 1 heterocycles. The quantitative estimate of drug-likeness (QED) is 0.711. The average molecular weight is 206 g/mol. The number of aromatic nitrogens is 1. The molecule has 0 amide bonds. The third-order valence-electron chi connectivity index (χ3n) is 2.56. The average Bonchev–Trinajstić information content (AvgIpc) is 2.25. The second-order valence-corrected chi connectivity index (χ2v) is 4.56. The lowest BCUT2D eigenvalue weighted by Crippen LogP contribution is -2.23. The van der Waals surface area contributed by atoms with Crippen LogP contribution in [0.4, 0.5) is 0 Å². The number of hydrogen-bond donors (Lipinski definition) is 0. The summed E-state index contributed by atoms with van der Waals surface area (Å²) in [5.41, 5.74) is 1.19. The van der Waals surface area contributed by atoms with Gasteiger partial charge >= 0.3 is 0 Å². The molecule has 0 unspecified atom stereocenters. The molecule has 0 atom stereocenters. The molecule has 1 aromatic heterocycles. The molecule has 0 saturated carbocycles. The molecule has 0 aliphatic rings. The van der Waals surface area contributed by atoms with Crippen LogP contribution in [0.3, 0.4) is 0 Å². The van der Waals surface area contributed by atoms with Crippen LogP contribution in [0.2, 0.25) is 0 Å². The first kappa shape index (κ1) is 12.2. The number of nitrogens with zero attached hydrogens (tertiary/aromatic N) is 2. The predicted molar refractivity (Wildman–Crippen MR) is 64.9 cm³/mol. The maximum atomic E-state index is 4.32. The summed E-state index contributed by atoms with van der Waals surface area (Å²) in [4.78, 5) is 6.70. The van der Waals surface area contributed by atoms with Crippen LogP contribution in [0, 0.1) is 5.92 Å². The van der Waals surface area contributed by atoms with Crippen LogP contribution >= 0.6 is 0 Å². The zero-order chi connectivity index (χ0) is 11.1. The van der Waals surface area contributed by atoms with Crippen LogP contribution in [0.5, 0.6) is 0 Å². The monoisotopic (exact) mass is 206 g/mol. The van der Waals surface area contributed by atoms with E-state index in [0.29, 0.717) is 0 Å². The minimum atomic E-state index is 0.794. The molecular formula is C13H22N2. The van der Waals surface area contributed by atoms with E-state index in [1.54, 1.807) is 0 Å². The Bertz CT molecular complexity index is 256. The first-order valence-electron chi connectivity index (χ1n) is 5.77. The molecule has 0 bridgehead atoms. The van der Waals surface area contributed by atoms with Crippen molar-refractivity contribution < 1.29 is 0 Å². The van der Waals surface area contributed by atoms with Crippen molar-refractivity contribution in [1.82, 2.24) is 9.88 Å². The minimum Gasteiger partial charge on any atom is -0.306 e. The Labute approximate surface area is 93.3 Å². The minimum absolute atomic E-state index is 0.794. The van der Waals surface area contributed by atoms with Gasteiger partial charge in [0.25, 0.3) is 0 Å². The molecule has 0 aliphatic heterocycles. The van der Waals surface area contributed by atoms with Crippen LogP contribution in [-0.4, -0.2) is 30.0 Å². The molecule has 2 nitrogen and oxygen atoms in total. The second-order valence-electron chi connectivity index (χ2n) is 4.56. The molecule has 1 aromatic rings. The van der Waals surface area contributed by atoms with Gasteiger partial charge < -0.3 is 4.90 Å². The highest BCUT2D eigenvalue weighted by molar-refractivity contribution is 5.03. The number of hydrogen-bond acceptors (Lipinski definition) is 2. The summed E-state index contributed by atoms with van der Waals surface area (Å²) in [6.45, 7) is 6.83. The summed E-state index contributed by atoms with van der Waals surface area (Å²) < 4.78 is 0. The molecule has 1 rings (SSSR count). The fourth-order valence-corrected chi connectivity index (χ4v) is 1.44. The van der Waals surface area contributed by atoms with Crippen molar-refractivity contribution in [2.75, 3.05) is 20.1 Å². The van der Waals surface area contributed by atoms with E-state index in [1.165, 1.54) is 18.7 Å². The summed E-state index contributed by atoms with van der Waals surface area (Å²) >= 11 is 0.